The van der Waals surface area contributed by atoms with Gasteiger partial charge in [-0.2, -0.15) is 0 Å². The maximum absolute atomic E-state index is 12.4. The van der Waals surface area contributed by atoms with Crippen molar-refractivity contribution in [2.45, 2.75) is 53.5 Å². The molecule has 118 valence electrons. The number of nitrogens with one attached hydrogen (secondary N) is 1. The lowest BCUT2D eigenvalue weighted by Crippen LogP contribution is -2.44. The molecule has 2 amide bonds. The summed E-state index contributed by atoms with van der Waals surface area (Å²) in [5.41, 5.74) is -0.0887. The number of carbonyl (C=O) groups is 2. The third-order valence-electron chi connectivity index (χ3n) is 3.12. The minimum absolute atomic E-state index is 0.0196. The van der Waals surface area contributed by atoms with Crippen LogP contribution < -0.4 is 5.32 Å². The molecule has 0 radical (unpaired) electrons. The molecule has 0 aliphatic carbocycles. The molecule has 0 aromatic carbocycles. The monoisotopic (exact) mass is 311 g/mol. The van der Waals surface area contributed by atoms with Crippen molar-refractivity contribution in [3.8, 4) is 0 Å². The Hall–Kier alpha value is -1.43. The number of aromatic nitrogens is 1. The summed E-state index contributed by atoms with van der Waals surface area (Å²) in [4.78, 5) is 30.2. The molecule has 1 rings (SSSR count). The fourth-order valence-corrected chi connectivity index (χ4v) is 2.41. The number of carbonyl (C=O) groups excluding carboxylic acids is 2. The quantitative estimate of drug-likeness (QED) is 0.878. The highest BCUT2D eigenvalue weighted by molar-refractivity contribution is 7.13. The highest BCUT2D eigenvalue weighted by atomic mass is 32.1. The largest absolute Gasteiger partial charge is 0.331 e. The number of hydrogen-bond donors (Lipinski definition) is 1. The maximum Gasteiger partial charge on any atom is 0.245 e. The molecular formula is C15H25N3O2S. The zero-order chi connectivity index (χ0) is 16.0. The van der Waals surface area contributed by atoms with Crippen molar-refractivity contribution in [2.75, 3.05) is 11.9 Å². The second-order valence-corrected chi connectivity index (χ2v) is 7.30. The summed E-state index contributed by atoms with van der Waals surface area (Å²) in [6.45, 7) is 10.1. The molecule has 1 aromatic rings. The lowest BCUT2D eigenvalue weighted by molar-refractivity contribution is -0.138. The van der Waals surface area contributed by atoms with Gasteiger partial charge in [0.05, 0.1) is 0 Å². The van der Waals surface area contributed by atoms with Crippen molar-refractivity contribution in [3.63, 3.8) is 0 Å². The van der Waals surface area contributed by atoms with Gasteiger partial charge >= 0.3 is 0 Å². The van der Waals surface area contributed by atoms with E-state index in [1.54, 1.807) is 16.5 Å². The maximum atomic E-state index is 12.4. The van der Waals surface area contributed by atoms with Crippen LogP contribution in [0.5, 0.6) is 0 Å². The van der Waals surface area contributed by atoms with Crippen LogP contribution in [-0.4, -0.2) is 34.3 Å². The summed E-state index contributed by atoms with van der Waals surface area (Å²) in [5, 5.41) is 5.08. The number of anilines is 1. The van der Waals surface area contributed by atoms with Crippen molar-refractivity contribution < 1.29 is 9.59 Å². The second kappa shape index (κ2) is 7.54. The summed E-state index contributed by atoms with van der Waals surface area (Å²) in [7, 11) is 0. The van der Waals surface area contributed by atoms with Gasteiger partial charge in [-0.1, -0.05) is 27.7 Å². The SMILES string of the molecule is CC[C@H](C)N(CC(=O)Nc1nccs1)C(=O)CC(C)(C)C. The van der Waals surface area contributed by atoms with Crippen LogP contribution in [0.3, 0.4) is 0 Å². The molecule has 21 heavy (non-hydrogen) atoms. The van der Waals surface area contributed by atoms with Gasteiger partial charge in [0.15, 0.2) is 5.13 Å². The normalized spacial score (nSPS) is 12.8. The smallest absolute Gasteiger partial charge is 0.245 e. The lowest BCUT2D eigenvalue weighted by atomic mass is 9.91. The van der Waals surface area contributed by atoms with Crippen molar-refractivity contribution in [2.24, 2.45) is 5.41 Å². The van der Waals surface area contributed by atoms with Gasteiger partial charge in [-0.3, -0.25) is 9.59 Å². The van der Waals surface area contributed by atoms with Crippen molar-refractivity contribution >= 4 is 28.3 Å². The molecule has 5 nitrogen and oxygen atoms in total. The van der Waals surface area contributed by atoms with E-state index in [1.165, 1.54) is 11.3 Å². The number of hydrogen-bond acceptors (Lipinski definition) is 4. The Morgan fingerprint density at radius 2 is 2.10 bits per heavy atom. The fraction of sp³-hybridized carbons (Fsp3) is 0.667. The summed E-state index contributed by atoms with van der Waals surface area (Å²) in [6, 6.07) is 0.0434. The second-order valence-electron chi connectivity index (χ2n) is 6.40. The zero-order valence-electron chi connectivity index (χ0n) is 13.5. The molecule has 0 aliphatic rings. The predicted molar refractivity (Wildman–Crippen MR) is 86.3 cm³/mol. The third-order valence-corrected chi connectivity index (χ3v) is 3.81. The van der Waals surface area contributed by atoms with E-state index in [2.05, 4.69) is 10.3 Å². The average Bonchev–Trinajstić information content (AvgIpc) is 2.85. The minimum Gasteiger partial charge on any atom is -0.331 e. The Bertz CT molecular complexity index is 466. The van der Waals surface area contributed by atoms with E-state index in [0.29, 0.717) is 11.6 Å². The first-order valence-corrected chi connectivity index (χ1v) is 8.09. The molecule has 1 heterocycles. The number of rotatable bonds is 6. The molecule has 0 spiro atoms. The standard InChI is InChI=1S/C15H25N3O2S/c1-6-11(2)18(13(20)9-15(3,4)5)10-12(19)17-14-16-7-8-21-14/h7-8,11H,6,9-10H2,1-5H3,(H,16,17,19)/t11-/m0/s1. The van der Waals surface area contributed by atoms with E-state index >= 15 is 0 Å². The lowest BCUT2D eigenvalue weighted by Gasteiger charge is -2.30. The van der Waals surface area contributed by atoms with Crippen LogP contribution in [0.1, 0.15) is 47.5 Å². The highest BCUT2D eigenvalue weighted by Crippen LogP contribution is 2.21. The summed E-state index contributed by atoms with van der Waals surface area (Å²) >= 11 is 1.36. The average molecular weight is 311 g/mol. The summed E-state index contributed by atoms with van der Waals surface area (Å²) in [6.07, 6.45) is 2.89. The van der Waals surface area contributed by atoms with Crippen LogP contribution in [0.4, 0.5) is 5.13 Å². The summed E-state index contributed by atoms with van der Waals surface area (Å²) < 4.78 is 0. The van der Waals surface area contributed by atoms with Crippen molar-refractivity contribution in [3.05, 3.63) is 11.6 Å². The Balaban J connectivity index is 2.69. The van der Waals surface area contributed by atoms with Crippen LogP contribution in [0, 0.1) is 5.41 Å². The number of amides is 2. The molecule has 0 fully saturated rings. The molecule has 0 unspecified atom stereocenters. The minimum atomic E-state index is -0.201. The molecule has 0 saturated heterocycles. The predicted octanol–water partition coefficient (Wildman–Crippen LogP) is 3.14. The van der Waals surface area contributed by atoms with Gasteiger partial charge in [-0.15, -0.1) is 11.3 Å². The van der Waals surface area contributed by atoms with Crippen LogP contribution >= 0.6 is 11.3 Å². The first-order chi connectivity index (χ1) is 9.73. The first-order valence-electron chi connectivity index (χ1n) is 7.21. The van der Waals surface area contributed by atoms with Crippen LogP contribution in [0.2, 0.25) is 0 Å². The van der Waals surface area contributed by atoms with Crippen LogP contribution in [0.25, 0.3) is 0 Å². The van der Waals surface area contributed by atoms with E-state index in [-0.39, 0.29) is 29.8 Å². The summed E-state index contributed by atoms with van der Waals surface area (Å²) in [5.74, 6) is -0.182. The fourth-order valence-electron chi connectivity index (χ4n) is 1.86. The van der Waals surface area contributed by atoms with Gasteiger partial charge in [0.1, 0.15) is 6.54 Å². The van der Waals surface area contributed by atoms with Gasteiger partial charge in [0, 0.05) is 24.0 Å². The number of thiazole rings is 1. The molecule has 0 bridgehead atoms. The van der Waals surface area contributed by atoms with Crippen molar-refractivity contribution in [1.82, 2.24) is 9.88 Å². The Kier molecular flexibility index (Phi) is 6.33. The van der Waals surface area contributed by atoms with Crippen molar-refractivity contribution in [1.29, 1.82) is 0 Å². The van der Waals surface area contributed by atoms with Gasteiger partial charge in [-0.05, 0) is 18.8 Å². The first kappa shape index (κ1) is 17.6. The topological polar surface area (TPSA) is 62.3 Å². The van der Waals surface area contributed by atoms with Crippen LogP contribution in [-0.2, 0) is 9.59 Å². The highest BCUT2D eigenvalue weighted by Gasteiger charge is 2.26. The van der Waals surface area contributed by atoms with E-state index in [1.807, 2.05) is 34.6 Å². The van der Waals surface area contributed by atoms with E-state index in [9.17, 15) is 9.59 Å². The zero-order valence-corrected chi connectivity index (χ0v) is 14.3. The molecule has 6 heteroatoms. The Labute approximate surface area is 130 Å². The van der Waals surface area contributed by atoms with Gasteiger partial charge < -0.3 is 10.2 Å². The van der Waals surface area contributed by atoms with Crippen LogP contribution in [0.15, 0.2) is 11.6 Å². The third kappa shape index (κ3) is 6.25. The van der Waals surface area contributed by atoms with E-state index < -0.39 is 0 Å². The van der Waals surface area contributed by atoms with Gasteiger partial charge in [0.25, 0.3) is 0 Å². The molecule has 1 atom stereocenters. The Morgan fingerprint density at radius 1 is 1.43 bits per heavy atom. The Morgan fingerprint density at radius 3 is 2.57 bits per heavy atom. The van der Waals surface area contributed by atoms with E-state index in [0.717, 1.165) is 6.42 Å². The molecule has 0 aliphatic heterocycles. The van der Waals surface area contributed by atoms with Gasteiger partial charge in [0.2, 0.25) is 11.8 Å². The molecule has 1 aromatic heterocycles. The van der Waals surface area contributed by atoms with Gasteiger partial charge in [-0.25, -0.2) is 4.98 Å². The molecule has 0 saturated carbocycles. The molecular weight excluding hydrogens is 286 g/mol. The molecule has 1 N–H and O–H groups in total. The van der Waals surface area contributed by atoms with E-state index in [4.69, 9.17) is 0 Å². The number of nitrogens with zero attached hydrogens (tertiary/aromatic N) is 2.